The van der Waals surface area contributed by atoms with E-state index in [0.717, 1.165) is 5.69 Å². The maximum absolute atomic E-state index is 2.64. The fourth-order valence-electron chi connectivity index (χ4n) is 12.3. The molecule has 1 heteroatoms. The summed E-state index contributed by atoms with van der Waals surface area (Å²) in [6.45, 7) is 9.68. The average Bonchev–Trinajstić information content (AvgIpc) is 3.94. The molecule has 0 aromatic heterocycles. The third kappa shape index (κ3) is 4.43. The van der Waals surface area contributed by atoms with E-state index in [4.69, 9.17) is 0 Å². The first-order valence-electron chi connectivity index (χ1n) is 22.1. The van der Waals surface area contributed by atoms with Crippen LogP contribution in [0.4, 0.5) is 17.1 Å². The van der Waals surface area contributed by atoms with Crippen LogP contribution < -0.4 is 4.90 Å². The molecule has 0 saturated heterocycles. The molecule has 0 aliphatic heterocycles. The van der Waals surface area contributed by atoms with E-state index in [0.29, 0.717) is 0 Å². The van der Waals surface area contributed by atoms with E-state index in [1.54, 1.807) is 0 Å². The minimum atomic E-state index is -0.493. The molecule has 0 amide bonds. The quantitative estimate of drug-likeness (QED) is 0.172. The van der Waals surface area contributed by atoms with E-state index in [1.807, 2.05) is 0 Å². The van der Waals surface area contributed by atoms with Crippen molar-refractivity contribution in [1.82, 2.24) is 0 Å². The average molecular weight is 792 g/mol. The summed E-state index contributed by atoms with van der Waals surface area (Å²) < 4.78 is 0. The SMILES string of the molecule is CC1(C)c2ccccc2-c2ccc(N(c3ccccc3)c3c4c(cc5c3-c3ccccc3C53c5ccccc5-c5ccccc53)C(C)(C)c3ccc(-c5ccccc5)cc3-4)cc21. The van der Waals surface area contributed by atoms with Gasteiger partial charge in [0.25, 0.3) is 0 Å². The van der Waals surface area contributed by atoms with Gasteiger partial charge in [-0.3, -0.25) is 0 Å². The highest BCUT2D eigenvalue weighted by Gasteiger charge is 2.54. The van der Waals surface area contributed by atoms with E-state index >= 15 is 0 Å². The predicted octanol–water partition coefficient (Wildman–Crippen LogP) is 15.8. The second kappa shape index (κ2) is 12.4. The van der Waals surface area contributed by atoms with Crippen molar-refractivity contribution in [2.75, 3.05) is 4.90 Å². The minimum Gasteiger partial charge on any atom is -0.309 e. The van der Waals surface area contributed by atoms with Gasteiger partial charge in [0.1, 0.15) is 0 Å². The lowest BCUT2D eigenvalue weighted by atomic mass is 9.69. The topological polar surface area (TPSA) is 3.24 Å². The second-order valence-electron chi connectivity index (χ2n) is 18.8. The molecule has 0 heterocycles. The highest BCUT2D eigenvalue weighted by Crippen LogP contribution is 2.68. The summed E-state index contributed by atoms with van der Waals surface area (Å²) in [4.78, 5) is 2.62. The molecule has 1 nitrogen and oxygen atoms in total. The zero-order valence-corrected chi connectivity index (χ0v) is 35.5. The molecule has 0 unspecified atom stereocenters. The van der Waals surface area contributed by atoms with E-state index in [-0.39, 0.29) is 10.8 Å². The number of nitrogens with zero attached hydrogens (tertiary/aromatic N) is 1. The fourth-order valence-corrected chi connectivity index (χ4v) is 12.3. The van der Waals surface area contributed by atoms with Crippen LogP contribution in [-0.2, 0) is 16.2 Å². The molecule has 0 radical (unpaired) electrons. The van der Waals surface area contributed by atoms with Gasteiger partial charge in [-0.2, -0.15) is 0 Å². The molecule has 62 heavy (non-hydrogen) atoms. The number of hydrogen-bond donors (Lipinski definition) is 0. The Bertz CT molecular complexity index is 3300. The maximum atomic E-state index is 2.64. The van der Waals surface area contributed by atoms with Gasteiger partial charge in [-0.1, -0.05) is 198 Å². The summed E-state index contributed by atoms with van der Waals surface area (Å²) in [5, 5.41) is 0. The van der Waals surface area contributed by atoms with Crippen LogP contribution in [-0.4, -0.2) is 0 Å². The summed E-state index contributed by atoms with van der Waals surface area (Å²) in [5.41, 5.74) is 26.6. The normalized spacial score (nSPS) is 15.5. The molecule has 4 aliphatic carbocycles. The van der Waals surface area contributed by atoms with E-state index in [1.165, 1.54) is 112 Å². The van der Waals surface area contributed by atoms with Gasteiger partial charge in [0.15, 0.2) is 0 Å². The molecule has 0 N–H and O–H groups in total. The molecule has 1 spiro atoms. The Hall–Kier alpha value is -7.22. The summed E-state index contributed by atoms with van der Waals surface area (Å²) >= 11 is 0. The maximum Gasteiger partial charge on any atom is 0.0726 e. The van der Waals surface area contributed by atoms with Crippen LogP contribution in [0.5, 0.6) is 0 Å². The third-order valence-electron chi connectivity index (χ3n) is 15.1. The van der Waals surface area contributed by atoms with Crippen molar-refractivity contribution < 1.29 is 0 Å². The fraction of sp³-hybridized carbons (Fsp3) is 0.115. The first kappa shape index (κ1) is 35.5. The summed E-state index contributed by atoms with van der Waals surface area (Å²) in [5.74, 6) is 0. The summed E-state index contributed by atoms with van der Waals surface area (Å²) in [6, 6.07) is 75.9. The predicted molar refractivity (Wildman–Crippen MR) is 258 cm³/mol. The molecule has 4 aliphatic rings. The number of anilines is 3. The van der Waals surface area contributed by atoms with Crippen LogP contribution in [0.15, 0.2) is 200 Å². The first-order valence-corrected chi connectivity index (χ1v) is 22.1. The summed E-state index contributed by atoms with van der Waals surface area (Å²) in [6.07, 6.45) is 0. The molecule has 9 aromatic carbocycles. The van der Waals surface area contributed by atoms with Crippen molar-refractivity contribution in [1.29, 1.82) is 0 Å². The monoisotopic (exact) mass is 791 g/mol. The number of benzene rings is 9. The Morgan fingerprint density at radius 3 is 1.44 bits per heavy atom. The minimum absolute atomic E-state index is 0.155. The Kier molecular flexibility index (Phi) is 7.12. The van der Waals surface area contributed by atoms with Crippen LogP contribution in [0.1, 0.15) is 72.2 Å². The van der Waals surface area contributed by atoms with Crippen LogP contribution >= 0.6 is 0 Å². The summed E-state index contributed by atoms with van der Waals surface area (Å²) in [7, 11) is 0. The van der Waals surface area contributed by atoms with Gasteiger partial charge in [-0.15, -0.1) is 0 Å². The zero-order chi connectivity index (χ0) is 41.5. The molecule has 0 fully saturated rings. The molecule has 294 valence electrons. The Labute approximate surface area is 364 Å². The van der Waals surface area contributed by atoms with Gasteiger partial charge in [0, 0.05) is 33.3 Å². The van der Waals surface area contributed by atoms with Crippen molar-refractivity contribution in [3.05, 3.63) is 245 Å². The van der Waals surface area contributed by atoms with Crippen molar-refractivity contribution in [2.45, 2.75) is 43.9 Å². The van der Waals surface area contributed by atoms with Gasteiger partial charge in [-0.05, 0) is 119 Å². The Balaban J connectivity index is 1.20. The lowest BCUT2D eigenvalue weighted by Gasteiger charge is -2.35. The highest BCUT2D eigenvalue weighted by molar-refractivity contribution is 6.09. The van der Waals surface area contributed by atoms with Gasteiger partial charge >= 0.3 is 0 Å². The van der Waals surface area contributed by atoms with E-state index < -0.39 is 5.41 Å². The highest BCUT2D eigenvalue weighted by atomic mass is 15.1. The van der Waals surface area contributed by atoms with Crippen molar-refractivity contribution in [2.24, 2.45) is 0 Å². The lowest BCUT2D eigenvalue weighted by Crippen LogP contribution is -2.27. The molecular formula is C61H45N. The van der Waals surface area contributed by atoms with Gasteiger partial charge < -0.3 is 4.90 Å². The lowest BCUT2D eigenvalue weighted by molar-refractivity contribution is 0.657. The zero-order valence-electron chi connectivity index (χ0n) is 35.5. The van der Waals surface area contributed by atoms with Crippen molar-refractivity contribution in [3.63, 3.8) is 0 Å². The number of para-hydroxylation sites is 1. The van der Waals surface area contributed by atoms with Crippen LogP contribution in [0, 0.1) is 0 Å². The standard InChI is InChI=1S/C61H45N/c1-59(2)48-27-15-11-23-42(48)45-33-32-41(36-53(45)59)62(40-21-9-6-10-22-40)58-56-46-26-14-18-30-52(46)61(50-28-16-12-24-43(50)44-25-13-17-29-51(44)61)55(56)37-54-57(58)47-35-39(38-19-7-5-8-20-38)31-34-49(47)60(54,3)4/h5-37H,1-4H3. The van der Waals surface area contributed by atoms with Crippen molar-refractivity contribution in [3.8, 4) is 55.6 Å². The Morgan fingerprint density at radius 1 is 0.290 bits per heavy atom. The third-order valence-corrected chi connectivity index (χ3v) is 15.1. The molecule has 0 bridgehead atoms. The molecular weight excluding hydrogens is 747 g/mol. The molecule has 0 saturated carbocycles. The van der Waals surface area contributed by atoms with Crippen LogP contribution in [0.2, 0.25) is 0 Å². The largest absolute Gasteiger partial charge is 0.309 e. The van der Waals surface area contributed by atoms with Crippen molar-refractivity contribution >= 4 is 17.1 Å². The van der Waals surface area contributed by atoms with Gasteiger partial charge in [-0.25, -0.2) is 0 Å². The Morgan fingerprint density at radius 2 is 0.774 bits per heavy atom. The second-order valence-corrected chi connectivity index (χ2v) is 18.8. The van der Waals surface area contributed by atoms with Gasteiger partial charge in [0.05, 0.1) is 11.1 Å². The number of rotatable bonds is 4. The van der Waals surface area contributed by atoms with E-state index in [9.17, 15) is 0 Å². The smallest absolute Gasteiger partial charge is 0.0726 e. The molecule has 0 atom stereocenters. The van der Waals surface area contributed by atoms with Crippen LogP contribution in [0.3, 0.4) is 0 Å². The van der Waals surface area contributed by atoms with E-state index in [2.05, 4.69) is 233 Å². The number of fused-ring (bicyclic) bond motifs is 16. The van der Waals surface area contributed by atoms with Gasteiger partial charge in [0.2, 0.25) is 0 Å². The molecule has 9 aromatic rings. The number of hydrogen-bond acceptors (Lipinski definition) is 1. The first-order chi connectivity index (χ1) is 30.3. The van der Waals surface area contributed by atoms with Crippen LogP contribution in [0.25, 0.3) is 55.6 Å². The molecule has 13 rings (SSSR count).